The summed E-state index contributed by atoms with van der Waals surface area (Å²) >= 11 is 3.00. The lowest BCUT2D eigenvalue weighted by Gasteiger charge is -2.38. The summed E-state index contributed by atoms with van der Waals surface area (Å²) in [4.78, 5) is 0. The van der Waals surface area contributed by atoms with E-state index in [1.54, 1.807) is 7.11 Å². The fraction of sp³-hybridized carbons (Fsp3) is 1.00. The zero-order valence-electron chi connectivity index (χ0n) is 8.49. The summed E-state index contributed by atoms with van der Waals surface area (Å²) in [5, 5.41) is 0. The number of halogens is 1. The Hall–Kier alpha value is 0.350. The maximum absolute atomic E-state index is 11.6. The van der Waals surface area contributed by atoms with Crippen LogP contribution in [0.3, 0.4) is 0 Å². The number of hydrogen-bond donors (Lipinski definition) is 0. The molecule has 84 valence electrons. The van der Waals surface area contributed by atoms with E-state index in [0.717, 1.165) is 12.8 Å². The Bertz CT molecular complexity index is 293. The standard InChI is InChI=1S/C8H16BrNO3S/c1-8(13-2)4-3-5-10(6-8)14(11,12)7-9/h3-7H2,1-2H3. The van der Waals surface area contributed by atoms with Crippen molar-refractivity contribution in [2.24, 2.45) is 0 Å². The van der Waals surface area contributed by atoms with Crippen LogP contribution in [-0.2, 0) is 14.8 Å². The molecule has 0 aromatic carbocycles. The van der Waals surface area contributed by atoms with E-state index >= 15 is 0 Å². The smallest absolute Gasteiger partial charge is 0.224 e. The van der Waals surface area contributed by atoms with Crippen LogP contribution in [0.4, 0.5) is 0 Å². The van der Waals surface area contributed by atoms with Crippen molar-refractivity contribution in [3.05, 3.63) is 0 Å². The monoisotopic (exact) mass is 285 g/mol. The number of sulfonamides is 1. The number of hydrogen-bond acceptors (Lipinski definition) is 3. The molecule has 0 aromatic heterocycles. The Morgan fingerprint density at radius 2 is 2.21 bits per heavy atom. The second-order valence-electron chi connectivity index (χ2n) is 3.81. The Balaban J connectivity index is 2.75. The summed E-state index contributed by atoms with van der Waals surface area (Å²) < 4.78 is 30.0. The molecule has 0 aliphatic carbocycles. The van der Waals surface area contributed by atoms with Gasteiger partial charge in [-0.2, -0.15) is 4.31 Å². The van der Waals surface area contributed by atoms with E-state index in [0.29, 0.717) is 13.1 Å². The Kier molecular flexibility index (Phi) is 3.96. The highest BCUT2D eigenvalue weighted by Crippen LogP contribution is 2.26. The molecule has 0 radical (unpaired) electrons. The van der Waals surface area contributed by atoms with E-state index in [1.807, 2.05) is 6.92 Å². The summed E-state index contributed by atoms with van der Waals surface area (Å²) in [6.45, 7) is 3.01. The first-order valence-corrected chi connectivity index (χ1v) is 7.25. The highest BCUT2D eigenvalue weighted by molar-refractivity contribution is 9.10. The number of rotatable bonds is 3. The first-order valence-electron chi connectivity index (χ1n) is 4.52. The molecular weight excluding hydrogens is 270 g/mol. The lowest BCUT2D eigenvalue weighted by molar-refractivity contribution is -0.0318. The van der Waals surface area contributed by atoms with Crippen molar-refractivity contribution in [3.8, 4) is 0 Å². The SMILES string of the molecule is COC1(C)CCCN(S(=O)(=O)CBr)C1. The fourth-order valence-corrected chi connectivity index (χ4v) is 3.52. The van der Waals surface area contributed by atoms with Gasteiger partial charge in [0.05, 0.1) is 5.60 Å². The first-order chi connectivity index (χ1) is 6.43. The highest BCUT2D eigenvalue weighted by Gasteiger charge is 2.35. The molecule has 6 heteroatoms. The molecule has 14 heavy (non-hydrogen) atoms. The summed E-state index contributed by atoms with van der Waals surface area (Å²) in [6, 6.07) is 0. The summed E-state index contributed by atoms with van der Waals surface area (Å²) in [5.74, 6) is 0. The maximum atomic E-state index is 11.6. The van der Waals surface area contributed by atoms with Gasteiger partial charge in [-0.25, -0.2) is 8.42 Å². The van der Waals surface area contributed by atoms with Gasteiger partial charge in [-0.3, -0.25) is 0 Å². The van der Waals surface area contributed by atoms with Crippen molar-refractivity contribution in [2.45, 2.75) is 25.4 Å². The Morgan fingerprint density at radius 1 is 1.57 bits per heavy atom. The van der Waals surface area contributed by atoms with Gasteiger partial charge in [0, 0.05) is 20.2 Å². The van der Waals surface area contributed by atoms with Crippen molar-refractivity contribution in [3.63, 3.8) is 0 Å². The predicted molar refractivity (Wildman–Crippen MR) is 58.9 cm³/mol. The first kappa shape index (κ1) is 12.4. The summed E-state index contributed by atoms with van der Waals surface area (Å²) in [6.07, 6.45) is 1.77. The number of piperidine rings is 1. The third-order valence-corrected chi connectivity index (χ3v) is 5.76. The lowest BCUT2D eigenvalue weighted by atomic mass is 9.96. The maximum Gasteiger partial charge on any atom is 0.224 e. The van der Waals surface area contributed by atoms with Crippen molar-refractivity contribution < 1.29 is 13.2 Å². The van der Waals surface area contributed by atoms with Crippen LogP contribution in [0.5, 0.6) is 0 Å². The lowest BCUT2D eigenvalue weighted by Crippen LogP contribution is -2.49. The molecular formula is C8H16BrNO3S. The molecule has 1 rings (SSSR count). The van der Waals surface area contributed by atoms with E-state index < -0.39 is 10.0 Å². The molecule has 0 aromatic rings. The molecule has 1 aliphatic rings. The number of methoxy groups -OCH3 is 1. The molecule has 0 saturated carbocycles. The van der Waals surface area contributed by atoms with E-state index in [4.69, 9.17) is 4.74 Å². The molecule has 1 heterocycles. The quantitative estimate of drug-likeness (QED) is 0.732. The third-order valence-electron chi connectivity index (χ3n) is 2.65. The highest BCUT2D eigenvalue weighted by atomic mass is 79.9. The van der Waals surface area contributed by atoms with Crippen LogP contribution >= 0.6 is 15.9 Å². The second kappa shape index (κ2) is 4.47. The average molecular weight is 286 g/mol. The normalized spacial score (nSPS) is 30.5. The molecule has 4 nitrogen and oxygen atoms in total. The topological polar surface area (TPSA) is 46.6 Å². The van der Waals surface area contributed by atoms with Crippen LogP contribution < -0.4 is 0 Å². The van der Waals surface area contributed by atoms with Gasteiger partial charge in [-0.15, -0.1) is 0 Å². The molecule has 0 bridgehead atoms. The minimum absolute atomic E-state index is 0.0141. The number of nitrogens with zero attached hydrogens (tertiary/aromatic N) is 1. The van der Waals surface area contributed by atoms with Crippen LogP contribution in [0.2, 0.25) is 0 Å². The molecule has 0 amide bonds. The number of alkyl halides is 1. The summed E-state index contributed by atoms with van der Waals surface area (Å²) in [7, 11) is -1.50. The van der Waals surface area contributed by atoms with E-state index in [-0.39, 0.29) is 10.3 Å². The van der Waals surface area contributed by atoms with E-state index in [2.05, 4.69) is 15.9 Å². The van der Waals surface area contributed by atoms with Crippen molar-refractivity contribution in [1.82, 2.24) is 4.31 Å². The van der Waals surface area contributed by atoms with Crippen LogP contribution in [0, 0.1) is 0 Å². The Morgan fingerprint density at radius 3 is 2.71 bits per heavy atom. The molecule has 1 aliphatic heterocycles. The van der Waals surface area contributed by atoms with Gasteiger partial charge in [0.25, 0.3) is 0 Å². The molecule has 0 N–H and O–H groups in total. The van der Waals surface area contributed by atoms with Crippen LogP contribution in [0.1, 0.15) is 19.8 Å². The zero-order chi connectivity index (χ0) is 10.8. The minimum atomic E-state index is -3.13. The minimum Gasteiger partial charge on any atom is -0.377 e. The van der Waals surface area contributed by atoms with E-state index in [1.165, 1.54) is 4.31 Å². The molecule has 1 atom stereocenters. The zero-order valence-corrected chi connectivity index (χ0v) is 10.9. The van der Waals surface area contributed by atoms with Gasteiger partial charge in [-0.1, -0.05) is 15.9 Å². The number of ether oxygens (including phenoxy) is 1. The largest absolute Gasteiger partial charge is 0.377 e. The second-order valence-corrected chi connectivity index (χ2v) is 7.08. The molecule has 1 unspecified atom stereocenters. The third kappa shape index (κ3) is 2.68. The van der Waals surface area contributed by atoms with E-state index in [9.17, 15) is 8.42 Å². The van der Waals surface area contributed by atoms with Gasteiger partial charge in [0.1, 0.15) is 4.66 Å². The van der Waals surface area contributed by atoms with Crippen molar-refractivity contribution in [1.29, 1.82) is 0 Å². The van der Waals surface area contributed by atoms with Gasteiger partial charge in [0.2, 0.25) is 10.0 Å². The fourth-order valence-electron chi connectivity index (χ4n) is 1.63. The summed E-state index contributed by atoms with van der Waals surface area (Å²) in [5.41, 5.74) is -0.326. The molecule has 0 spiro atoms. The average Bonchev–Trinajstić information content (AvgIpc) is 2.18. The van der Waals surface area contributed by atoms with Crippen LogP contribution in [-0.4, -0.2) is 43.2 Å². The van der Waals surface area contributed by atoms with Gasteiger partial charge < -0.3 is 4.74 Å². The van der Waals surface area contributed by atoms with Gasteiger partial charge >= 0.3 is 0 Å². The molecule has 1 fully saturated rings. The van der Waals surface area contributed by atoms with Crippen LogP contribution in [0.15, 0.2) is 0 Å². The Labute approximate surface area is 93.8 Å². The van der Waals surface area contributed by atoms with Crippen LogP contribution in [0.25, 0.3) is 0 Å². The van der Waals surface area contributed by atoms with Crippen molar-refractivity contribution in [2.75, 3.05) is 24.9 Å². The predicted octanol–water partition coefficient (Wildman–Crippen LogP) is 1.17. The van der Waals surface area contributed by atoms with Gasteiger partial charge in [0.15, 0.2) is 0 Å². The van der Waals surface area contributed by atoms with Gasteiger partial charge in [-0.05, 0) is 19.8 Å². The van der Waals surface area contributed by atoms with Crippen molar-refractivity contribution >= 4 is 26.0 Å². The molecule has 1 saturated heterocycles.